The Morgan fingerprint density at radius 2 is 1.81 bits per heavy atom. The van der Waals surface area contributed by atoms with Crippen LogP contribution < -0.4 is 5.32 Å². The number of Topliss-reactive ketones (excluding diaryl/α,β-unsaturated/α-hetero) is 1. The lowest BCUT2D eigenvalue weighted by Crippen LogP contribution is -2.30. The average molecular weight is 370 g/mol. The fourth-order valence-corrected chi connectivity index (χ4v) is 2.33. The molecule has 27 heavy (non-hydrogen) atoms. The van der Waals surface area contributed by atoms with Gasteiger partial charge in [0.15, 0.2) is 11.9 Å². The van der Waals surface area contributed by atoms with Crippen molar-refractivity contribution in [2.45, 2.75) is 26.9 Å². The highest BCUT2D eigenvalue weighted by atomic mass is 16.6. The summed E-state index contributed by atoms with van der Waals surface area (Å²) in [5.41, 5.74) is 1.16. The summed E-state index contributed by atoms with van der Waals surface area (Å²) < 4.78 is 5.12. The zero-order valence-electron chi connectivity index (χ0n) is 15.0. The van der Waals surface area contributed by atoms with Crippen LogP contribution >= 0.6 is 0 Å². The van der Waals surface area contributed by atoms with Gasteiger partial charge in [0.1, 0.15) is 0 Å². The third kappa shape index (κ3) is 4.97. The lowest BCUT2D eigenvalue weighted by molar-refractivity contribution is -0.385. The third-order valence-corrected chi connectivity index (χ3v) is 3.82. The highest BCUT2D eigenvalue weighted by Gasteiger charge is 2.21. The molecule has 1 amide bonds. The number of rotatable bonds is 6. The number of nitro benzene ring substituents is 1. The van der Waals surface area contributed by atoms with Crippen molar-refractivity contribution in [1.29, 1.82) is 0 Å². The van der Waals surface area contributed by atoms with Crippen LogP contribution in [-0.4, -0.2) is 28.7 Å². The first-order valence-electron chi connectivity index (χ1n) is 8.07. The number of ether oxygens (including phenoxy) is 1. The van der Waals surface area contributed by atoms with E-state index >= 15 is 0 Å². The van der Waals surface area contributed by atoms with E-state index in [1.807, 2.05) is 0 Å². The van der Waals surface area contributed by atoms with Gasteiger partial charge in [-0.15, -0.1) is 0 Å². The second-order valence-corrected chi connectivity index (χ2v) is 5.93. The van der Waals surface area contributed by atoms with Crippen molar-refractivity contribution in [3.8, 4) is 0 Å². The number of hydrogen-bond donors (Lipinski definition) is 1. The van der Waals surface area contributed by atoms with E-state index in [0.29, 0.717) is 16.8 Å². The van der Waals surface area contributed by atoms with Gasteiger partial charge < -0.3 is 10.1 Å². The first-order chi connectivity index (χ1) is 12.7. The van der Waals surface area contributed by atoms with Gasteiger partial charge in [0, 0.05) is 22.9 Å². The smallest absolute Gasteiger partial charge is 0.338 e. The molecule has 2 aromatic rings. The van der Waals surface area contributed by atoms with E-state index in [0.717, 1.165) is 0 Å². The van der Waals surface area contributed by atoms with Gasteiger partial charge in [-0.3, -0.25) is 19.7 Å². The van der Waals surface area contributed by atoms with E-state index in [1.54, 1.807) is 18.2 Å². The van der Waals surface area contributed by atoms with Crippen molar-refractivity contribution < 1.29 is 24.0 Å². The van der Waals surface area contributed by atoms with Crippen LogP contribution in [0.2, 0.25) is 0 Å². The van der Waals surface area contributed by atoms with Gasteiger partial charge in [0.2, 0.25) is 0 Å². The summed E-state index contributed by atoms with van der Waals surface area (Å²) in [5.74, 6) is -1.48. The monoisotopic (exact) mass is 370 g/mol. The molecule has 2 aromatic carbocycles. The first kappa shape index (κ1) is 19.8. The maximum Gasteiger partial charge on any atom is 0.338 e. The summed E-state index contributed by atoms with van der Waals surface area (Å²) >= 11 is 0. The van der Waals surface area contributed by atoms with Gasteiger partial charge >= 0.3 is 5.97 Å². The second kappa shape index (κ2) is 8.22. The number of nitrogens with one attached hydrogen (secondary N) is 1. The van der Waals surface area contributed by atoms with Crippen LogP contribution in [0, 0.1) is 17.0 Å². The summed E-state index contributed by atoms with van der Waals surface area (Å²) in [7, 11) is 0. The fraction of sp³-hybridized carbons (Fsp3) is 0.211. The quantitative estimate of drug-likeness (QED) is 0.361. The SMILES string of the molecule is CC(=O)c1cccc(NC(=O)[C@H](C)OC(=O)c2ccc([N+](=O)[O-])c(C)c2)c1. The van der Waals surface area contributed by atoms with Crippen LogP contribution in [0.25, 0.3) is 0 Å². The number of hydrogen-bond acceptors (Lipinski definition) is 6. The van der Waals surface area contributed by atoms with E-state index in [4.69, 9.17) is 4.74 Å². The van der Waals surface area contributed by atoms with Gasteiger partial charge in [0.25, 0.3) is 11.6 Å². The topological polar surface area (TPSA) is 116 Å². The normalized spacial score (nSPS) is 11.4. The maximum atomic E-state index is 12.2. The number of nitrogens with zero attached hydrogens (tertiary/aromatic N) is 1. The second-order valence-electron chi connectivity index (χ2n) is 5.93. The fourth-order valence-electron chi connectivity index (χ4n) is 2.33. The Hall–Kier alpha value is -3.55. The summed E-state index contributed by atoms with van der Waals surface area (Å²) in [6.45, 7) is 4.32. The van der Waals surface area contributed by atoms with Crippen LogP contribution in [0.4, 0.5) is 11.4 Å². The molecule has 0 aliphatic rings. The zero-order chi connectivity index (χ0) is 20.1. The van der Waals surface area contributed by atoms with Crippen LogP contribution in [-0.2, 0) is 9.53 Å². The Kier molecular flexibility index (Phi) is 6.02. The molecule has 140 valence electrons. The zero-order valence-corrected chi connectivity index (χ0v) is 15.0. The molecule has 8 nitrogen and oxygen atoms in total. The summed E-state index contributed by atoms with van der Waals surface area (Å²) in [6, 6.07) is 10.2. The van der Waals surface area contributed by atoms with E-state index in [-0.39, 0.29) is 17.0 Å². The molecule has 0 heterocycles. The van der Waals surface area contributed by atoms with E-state index in [2.05, 4.69) is 5.32 Å². The van der Waals surface area contributed by atoms with Crippen LogP contribution in [0.5, 0.6) is 0 Å². The number of amides is 1. The molecule has 0 saturated heterocycles. The van der Waals surface area contributed by atoms with E-state index in [9.17, 15) is 24.5 Å². The highest BCUT2D eigenvalue weighted by molar-refractivity contribution is 5.99. The summed E-state index contributed by atoms with van der Waals surface area (Å²) in [5, 5.41) is 13.4. The molecule has 0 unspecified atom stereocenters. The minimum absolute atomic E-state index is 0.108. The lowest BCUT2D eigenvalue weighted by Gasteiger charge is -2.14. The predicted molar refractivity (Wildman–Crippen MR) is 97.8 cm³/mol. The number of nitro groups is 1. The molecule has 0 aliphatic heterocycles. The molecule has 0 aromatic heterocycles. The van der Waals surface area contributed by atoms with Gasteiger partial charge in [0.05, 0.1) is 10.5 Å². The van der Waals surface area contributed by atoms with Gasteiger partial charge in [-0.25, -0.2) is 4.79 Å². The number of benzene rings is 2. The maximum absolute atomic E-state index is 12.2. The van der Waals surface area contributed by atoms with E-state index < -0.39 is 22.9 Å². The molecule has 0 fully saturated rings. The molecule has 2 rings (SSSR count). The molecular weight excluding hydrogens is 352 g/mol. The highest BCUT2D eigenvalue weighted by Crippen LogP contribution is 2.20. The van der Waals surface area contributed by atoms with Crippen molar-refractivity contribution in [3.63, 3.8) is 0 Å². The molecule has 1 atom stereocenters. The van der Waals surface area contributed by atoms with Crippen molar-refractivity contribution >= 4 is 29.0 Å². The van der Waals surface area contributed by atoms with Crippen LogP contribution in [0.3, 0.4) is 0 Å². The van der Waals surface area contributed by atoms with Crippen LogP contribution in [0.1, 0.15) is 40.1 Å². The molecule has 0 spiro atoms. The van der Waals surface area contributed by atoms with E-state index in [1.165, 1.54) is 45.0 Å². The van der Waals surface area contributed by atoms with Crippen molar-refractivity contribution in [3.05, 3.63) is 69.3 Å². The minimum Gasteiger partial charge on any atom is -0.449 e. The van der Waals surface area contributed by atoms with Crippen molar-refractivity contribution in [2.75, 3.05) is 5.32 Å². The number of carbonyl (C=O) groups is 3. The average Bonchev–Trinajstić information content (AvgIpc) is 2.61. The molecular formula is C19H18N2O6. The number of ketones is 1. The Bertz CT molecular complexity index is 922. The predicted octanol–water partition coefficient (Wildman–Crippen LogP) is 3.29. The Balaban J connectivity index is 2.04. The van der Waals surface area contributed by atoms with Gasteiger partial charge in [-0.1, -0.05) is 12.1 Å². The molecule has 0 aliphatic carbocycles. The van der Waals surface area contributed by atoms with Gasteiger partial charge in [-0.2, -0.15) is 0 Å². The van der Waals surface area contributed by atoms with Crippen molar-refractivity contribution in [2.24, 2.45) is 0 Å². The standard InChI is InChI=1S/C19H18N2O6/c1-11-9-15(7-8-17(11)21(25)26)19(24)27-13(3)18(23)20-16-6-4-5-14(10-16)12(2)22/h4-10,13H,1-3H3,(H,20,23)/t13-/m0/s1. The summed E-state index contributed by atoms with van der Waals surface area (Å²) in [4.78, 5) is 46.0. The number of carbonyl (C=O) groups excluding carboxylic acids is 3. The molecule has 0 saturated carbocycles. The molecule has 0 bridgehead atoms. The third-order valence-electron chi connectivity index (χ3n) is 3.82. The number of aryl methyl sites for hydroxylation is 1. The number of anilines is 1. The van der Waals surface area contributed by atoms with Gasteiger partial charge in [-0.05, 0) is 45.0 Å². The first-order valence-corrected chi connectivity index (χ1v) is 8.07. The molecule has 0 radical (unpaired) electrons. The lowest BCUT2D eigenvalue weighted by atomic mass is 10.1. The minimum atomic E-state index is -1.10. The van der Waals surface area contributed by atoms with Crippen LogP contribution in [0.15, 0.2) is 42.5 Å². The Morgan fingerprint density at radius 3 is 2.41 bits per heavy atom. The largest absolute Gasteiger partial charge is 0.449 e. The molecule has 1 N–H and O–H groups in total. The Morgan fingerprint density at radius 1 is 1.11 bits per heavy atom. The van der Waals surface area contributed by atoms with Crippen molar-refractivity contribution in [1.82, 2.24) is 0 Å². The number of esters is 1. The Labute approximate surface area is 155 Å². The summed E-state index contributed by atoms with van der Waals surface area (Å²) in [6.07, 6.45) is -1.10. The molecule has 8 heteroatoms.